The SMILES string of the molecule is COc1ccc(-n2c(S[C@H]3CCOC3=O)nnc2-c2ccc(Br)cc2)cc1Cl. The third-order valence-electron chi connectivity index (χ3n) is 4.26. The maximum atomic E-state index is 11.9. The van der Waals surface area contributed by atoms with Gasteiger partial charge in [-0.25, -0.2) is 0 Å². The van der Waals surface area contributed by atoms with Crippen molar-refractivity contribution in [2.45, 2.75) is 16.8 Å². The quantitative estimate of drug-likeness (QED) is 0.490. The number of halogens is 2. The number of hydrogen-bond donors (Lipinski definition) is 0. The van der Waals surface area contributed by atoms with E-state index >= 15 is 0 Å². The van der Waals surface area contributed by atoms with E-state index in [0.29, 0.717) is 34.8 Å². The molecule has 1 aliphatic rings. The summed E-state index contributed by atoms with van der Waals surface area (Å²) >= 11 is 11.1. The lowest BCUT2D eigenvalue weighted by Crippen LogP contribution is -2.11. The van der Waals surface area contributed by atoms with Gasteiger partial charge in [0.25, 0.3) is 0 Å². The molecule has 0 radical (unpaired) electrons. The lowest BCUT2D eigenvalue weighted by atomic mass is 10.2. The van der Waals surface area contributed by atoms with Crippen LogP contribution in [-0.4, -0.2) is 39.7 Å². The Morgan fingerprint density at radius 1 is 1.25 bits per heavy atom. The Labute approximate surface area is 179 Å². The Morgan fingerprint density at radius 3 is 2.68 bits per heavy atom. The predicted octanol–water partition coefficient (Wildman–Crippen LogP) is 4.77. The van der Waals surface area contributed by atoms with Gasteiger partial charge >= 0.3 is 5.97 Å². The zero-order chi connectivity index (χ0) is 19.7. The van der Waals surface area contributed by atoms with Crippen LogP contribution in [0.2, 0.25) is 5.02 Å². The number of hydrogen-bond acceptors (Lipinski definition) is 6. The average Bonchev–Trinajstić information content (AvgIpc) is 3.29. The standard InChI is InChI=1S/C19H15BrClN3O3S/c1-26-15-7-6-13(10-14(15)21)24-17(11-2-4-12(20)5-3-11)22-23-19(24)28-16-8-9-27-18(16)25/h2-7,10,16H,8-9H2,1H3/t16-/m0/s1. The molecule has 0 amide bonds. The molecule has 144 valence electrons. The van der Waals surface area contributed by atoms with E-state index in [-0.39, 0.29) is 11.2 Å². The van der Waals surface area contributed by atoms with Crippen molar-refractivity contribution < 1.29 is 14.3 Å². The minimum absolute atomic E-state index is 0.225. The number of esters is 1. The van der Waals surface area contributed by atoms with Crippen LogP contribution in [0.4, 0.5) is 0 Å². The van der Waals surface area contributed by atoms with Gasteiger partial charge in [0.05, 0.1) is 24.4 Å². The number of cyclic esters (lactones) is 1. The smallest absolute Gasteiger partial charge is 0.319 e. The molecular weight excluding hydrogens is 466 g/mol. The molecule has 0 bridgehead atoms. The van der Waals surface area contributed by atoms with Gasteiger partial charge in [-0.3, -0.25) is 9.36 Å². The van der Waals surface area contributed by atoms with Crippen molar-refractivity contribution in [1.82, 2.24) is 14.8 Å². The zero-order valence-corrected chi connectivity index (χ0v) is 17.9. The molecule has 1 aliphatic heterocycles. The summed E-state index contributed by atoms with van der Waals surface area (Å²) < 4.78 is 13.2. The summed E-state index contributed by atoms with van der Waals surface area (Å²) in [7, 11) is 1.57. The molecule has 1 atom stereocenters. The van der Waals surface area contributed by atoms with E-state index in [1.165, 1.54) is 11.8 Å². The molecule has 28 heavy (non-hydrogen) atoms. The minimum atomic E-state index is -0.297. The van der Waals surface area contributed by atoms with Crippen molar-refractivity contribution in [2.75, 3.05) is 13.7 Å². The minimum Gasteiger partial charge on any atom is -0.495 e. The van der Waals surface area contributed by atoms with Crippen LogP contribution in [0.3, 0.4) is 0 Å². The lowest BCUT2D eigenvalue weighted by molar-refractivity contribution is -0.137. The number of benzene rings is 2. The molecule has 0 N–H and O–H groups in total. The topological polar surface area (TPSA) is 66.2 Å². The molecule has 1 saturated heterocycles. The van der Waals surface area contributed by atoms with E-state index in [4.69, 9.17) is 21.1 Å². The summed E-state index contributed by atoms with van der Waals surface area (Å²) in [5.41, 5.74) is 1.67. The first kappa shape index (κ1) is 19.3. The van der Waals surface area contributed by atoms with E-state index in [0.717, 1.165) is 15.7 Å². The Bertz CT molecular complexity index is 1030. The second-order valence-electron chi connectivity index (χ2n) is 6.03. The fourth-order valence-corrected chi connectivity index (χ4v) is 4.41. The first-order valence-electron chi connectivity index (χ1n) is 8.45. The second-order valence-corrected chi connectivity index (χ2v) is 8.52. The van der Waals surface area contributed by atoms with E-state index in [1.54, 1.807) is 19.2 Å². The number of methoxy groups -OCH3 is 1. The van der Waals surface area contributed by atoms with Crippen molar-refractivity contribution in [1.29, 1.82) is 0 Å². The van der Waals surface area contributed by atoms with E-state index in [2.05, 4.69) is 26.1 Å². The summed E-state index contributed by atoms with van der Waals surface area (Å²) in [6.45, 7) is 0.429. The molecule has 1 fully saturated rings. The molecule has 4 rings (SSSR count). The van der Waals surface area contributed by atoms with Crippen LogP contribution in [0.15, 0.2) is 52.1 Å². The van der Waals surface area contributed by atoms with Gasteiger partial charge in [0.15, 0.2) is 11.0 Å². The largest absolute Gasteiger partial charge is 0.495 e. The van der Waals surface area contributed by atoms with Gasteiger partial charge in [0.2, 0.25) is 0 Å². The molecule has 2 heterocycles. The third-order valence-corrected chi connectivity index (χ3v) is 6.28. The van der Waals surface area contributed by atoms with Crippen molar-refractivity contribution in [3.05, 3.63) is 52.0 Å². The van der Waals surface area contributed by atoms with Crippen LogP contribution in [0, 0.1) is 0 Å². The highest BCUT2D eigenvalue weighted by Crippen LogP contribution is 2.35. The molecule has 2 aromatic carbocycles. The first-order valence-corrected chi connectivity index (χ1v) is 10.5. The number of carbonyl (C=O) groups excluding carboxylic acids is 1. The Hall–Kier alpha value is -2.03. The van der Waals surface area contributed by atoms with Crippen molar-refractivity contribution >= 4 is 45.3 Å². The molecule has 0 unspecified atom stereocenters. The van der Waals surface area contributed by atoms with Gasteiger partial charge in [-0.05, 0) is 30.3 Å². The predicted molar refractivity (Wildman–Crippen MR) is 111 cm³/mol. The van der Waals surface area contributed by atoms with Crippen LogP contribution in [0.25, 0.3) is 17.1 Å². The number of carbonyl (C=O) groups is 1. The summed E-state index contributed by atoms with van der Waals surface area (Å²) in [5, 5.41) is 9.51. The Balaban J connectivity index is 1.82. The molecule has 6 nitrogen and oxygen atoms in total. The van der Waals surface area contributed by atoms with Crippen LogP contribution in [-0.2, 0) is 9.53 Å². The van der Waals surface area contributed by atoms with Gasteiger partial charge in [0.1, 0.15) is 11.0 Å². The fourth-order valence-electron chi connectivity index (χ4n) is 2.87. The number of rotatable bonds is 5. The highest BCUT2D eigenvalue weighted by atomic mass is 79.9. The monoisotopic (exact) mass is 479 g/mol. The van der Waals surface area contributed by atoms with Crippen molar-refractivity contribution in [2.24, 2.45) is 0 Å². The molecule has 0 saturated carbocycles. The number of thioether (sulfide) groups is 1. The van der Waals surface area contributed by atoms with Gasteiger partial charge < -0.3 is 9.47 Å². The van der Waals surface area contributed by atoms with E-state index in [9.17, 15) is 4.79 Å². The maximum absolute atomic E-state index is 11.9. The first-order chi connectivity index (χ1) is 13.6. The molecule has 3 aromatic rings. The Morgan fingerprint density at radius 2 is 2.04 bits per heavy atom. The highest BCUT2D eigenvalue weighted by Gasteiger charge is 2.30. The molecule has 1 aromatic heterocycles. The number of aromatic nitrogens is 3. The van der Waals surface area contributed by atoms with Gasteiger partial charge in [-0.1, -0.05) is 51.4 Å². The van der Waals surface area contributed by atoms with E-state index in [1.807, 2.05) is 34.9 Å². The molecule has 9 heteroatoms. The van der Waals surface area contributed by atoms with Crippen molar-refractivity contribution in [3.8, 4) is 22.8 Å². The van der Waals surface area contributed by atoms with Crippen LogP contribution in [0.5, 0.6) is 5.75 Å². The van der Waals surface area contributed by atoms with Crippen LogP contribution < -0.4 is 4.74 Å². The molecular formula is C19H15BrClN3O3S. The normalized spacial score (nSPS) is 16.2. The van der Waals surface area contributed by atoms with Crippen LogP contribution >= 0.6 is 39.3 Å². The van der Waals surface area contributed by atoms with Gasteiger partial charge in [0, 0.05) is 16.5 Å². The maximum Gasteiger partial charge on any atom is 0.319 e. The van der Waals surface area contributed by atoms with Crippen molar-refractivity contribution in [3.63, 3.8) is 0 Å². The number of nitrogens with zero attached hydrogens (tertiary/aromatic N) is 3. The molecule has 0 aliphatic carbocycles. The van der Waals surface area contributed by atoms with Crippen LogP contribution in [0.1, 0.15) is 6.42 Å². The highest BCUT2D eigenvalue weighted by molar-refractivity contribution is 9.10. The zero-order valence-electron chi connectivity index (χ0n) is 14.8. The third kappa shape index (κ3) is 3.76. The summed E-state index contributed by atoms with van der Waals surface area (Å²) in [6.07, 6.45) is 0.646. The lowest BCUT2D eigenvalue weighted by Gasteiger charge is -2.13. The Kier molecular flexibility index (Phi) is 5.61. The summed E-state index contributed by atoms with van der Waals surface area (Å²) in [5.74, 6) is 1.01. The van der Waals surface area contributed by atoms with Gasteiger partial charge in [-0.2, -0.15) is 0 Å². The second kappa shape index (κ2) is 8.14. The fraction of sp³-hybridized carbons (Fsp3) is 0.211. The van der Waals surface area contributed by atoms with E-state index < -0.39 is 0 Å². The number of ether oxygens (including phenoxy) is 2. The summed E-state index contributed by atoms with van der Waals surface area (Å²) in [6, 6.07) is 13.3. The molecule has 0 spiro atoms. The van der Waals surface area contributed by atoms with Gasteiger partial charge in [-0.15, -0.1) is 10.2 Å². The average molecular weight is 481 g/mol. The summed E-state index contributed by atoms with van der Waals surface area (Å²) in [4.78, 5) is 11.9.